The normalized spacial score (nSPS) is 10.6. The van der Waals surface area contributed by atoms with Crippen LogP contribution in [0.3, 0.4) is 0 Å². The number of carbonyl (C=O) groups excluding carboxylic acids is 1. The molecule has 19 heavy (non-hydrogen) atoms. The molecule has 0 fully saturated rings. The van der Waals surface area contributed by atoms with Crippen LogP contribution in [0.4, 0.5) is 0 Å². The molecule has 0 aliphatic carbocycles. The third-order valence-electron chi connectivity index (χ3n) is 2.26. The molecule has 0 spiro atoms. The standard InChI is InChI=1S/C13H10ClN3O2/c14-10-4-5-12(18)9(7-10)8-16-17-13(19)11-3-1-2-6-15-11/h1-8,18H,(H,17,19). The van der Waals surface area contributed by atoms with Crippen LogP contribution >= 0.6 is 11.6 Å². The number of carbonyl (C=O) groups is 1. The van der Waals surface area contributed by atoms with E-state index in [-0.39, 0.29) is 11.4 Å². The molecular formula is C13H10ClN3O2. The second-order valence-electron chi connectivity index (χ2n) is 3.62. The van der Waals surface area contributed by atoms with Crippen molar-refractivity contribution in [1.82, 2.24) is 10.4 Å². The van der Waals surface area contributed by atoms with Crippen LogP contribution in [0.2, 0.25) is 5.02 Å². The van der Waals surface area contributed by atoms with Gasteiger partial charge in [-0.15, -0.1) is 0 Å². The molecule has 1 aromatic heterocycles. The molecule has 0 unspecified atom stereocenters. The Balaban J connectivity index is 2.04. The van der Waals surface area contributed by atoms with Gasteiger partial charge >= 0.3 is 0 Å². The van der Waals surface area contributed by atoms with Gasteiger partial charge in [0.2, 0.25) is 0 Å². The summed E-state index contributed by atoms with van der Waals surface area (Å²) in [6.45, 7) is 0. The molecule has 2 aromatic rings. The first-order valence-electron chi connectivity index (χ1n) is 5.40. The van der Waals surface area contributed by atoms with E-state index in [1.165, 1.54) is 24.5 Å². The average Bonchev–Trinajstić information content (AvgIpc) is 2.43. The van der Waals surface area contributed by atoms with Gasteiger partial charge in [-0.3, -0.25) is 9.78 Å². The summed E-state index contributed by atoms with van der Waals surface area (Å²) in [7, 11) is 0. The minimum absolute atomic E-state index is 0.0280. The summed E-state index contributed by atoms with van der Waals surface area (Å²) in [5.41, 5.74) is 2.98. The highest BCUT2D eigenvalue weighted by Crippen LogP contribution is 2.19. The van der Waals surface area contributed by atoms with Gasteiger partial charge in [-0.05, 0) is 30.3 Å². The van der Waals surface area contributed by atoms with Crippen molar-refractivity contribution in [3.8, 4) is 5.75 Å². The van der Waals surface area contributed by atoms with E-state index in [9.17, 15) is 9.90 Å². The maximum atomic E-state index is 11.6. The molecule has 0 aliphatic heterocycles. The molecule has 1 heterocycles. The predicted molar refractivity (Wildman–Crippen MR) is 72.4 cm³/mol. The molecule has 0 radical (unpaired) electrons. The Morgan fingerprint density at radius 1 is 1.37 bits per heavy atom. The van der Waals surface area contributed by atoms with Crippen LogP contribution in [0.15, 0.2) is 47.7 Å². The van der Waals surface area contributed by atoms with Gasteiger partial charge in [-0.25, -0.2) is 5.43 Å². The smallest absolute Gasteiger partial charge is 0.289 e. The van der Waals surface area contributed by atoms with Crippen molar-refractivity contribution in [3.63, 3.8) is 0 Å². The molecule has 96 valence electrons. The fourth-order valence-electron chi connectivity index (χ4n) is 1.34. The maximum absolute atomic E-state index is 11.6. The third-order valence-corrected chi connectivity index (χ3v) is 2.49. The van der Waals surface area contributed by atoms with Crippen LogP contribution in [0, 0.1) is 0 Å². The number of phenolic OH excluding ortho intramolecular Hbond substituents is 1. The van der Waals surface area contributed by atoms with Gasteiger partial charge < -0.3 is 5.11 Å². The van der Waals surface area contributed by atoms with E-state index >= 15 is 0 Å². The van der Waals surface area contributed by atoms with Gasteiger partial charge in [-0.2, -0.15) is 5.10 Å². The fourth-order valence-corrected chi connectivity index (χ4v) is 1.52. The zero-order chi connectivity index (χ0) is 13.7. The third kappa shape index (κ3) is 3.53. The fraction of sp³-hybridized carbons (Fsp3) is 0. The number of aromatic hydroxyl groups is 1. The maximum Gasteiger partial charge on any atom is 0.289 e. The predicted octanol–water partition coefficient (Wildman–Crippen LogP) is 2.20. The number of hydrazone groups is 1. The number of hydrogen-bond donors (Lipinski definition) is 2. The first kappa shape index (κ1) is 13.0. The number of pyridine rings is 1. The number of nitrogens with zero attached hydrogens (tertiary/aromatic N) is 2. The van der Waals surface area contributed by atoms with E-state index in [0.717, 1.165) is 0 Å². The number of benzene rings is 1. The van der Waals surface area contributed by atoms with Gasteiger partial charge in [-0.1, -0.05) is 17.7 Å². The second-order valence-corrected chi connectivity index (χ2v) is 4.05. The Bertz CT molecular complexity index is 615. The van der Waals surface area contributed by atoms with Crippen molar-refractivity contribution >= 4 is 23.7 Å². The topological polar surface area (TPSA) is 74.6 Å². The molecule has 0 saturated carbocycles. The minimum Gasteiger partial charge on any atom is -0.507 e. The molecule has 6 heteroatoms. The summed E-state index contributed by atoms with van der Waals surface area (Å²) < 4.78 is 0. The van der Waals surface area contributed by atoms with E-state index in [1.807, 2.05) is 0 Å². The summed E-state index contributed by atoms with van der Waals surface area (Å²) in [5.74, 6) is -0.404. The lowest BCUT2D eigenvalue weighted by Crippen LogP contribution is -2.18. The summed E-state index contributed by atoms with van der Waals surface area (Å²) in [6.07, 6.45) is 2.82. The molecule has 1 amide bonds. The molecule has 2 N–H and O–H groups in total. The van der Waals surface area contributed by atoms with E-state index in [1.54, 1.807) is 24.3 Å². The Hall–Kier alpha value is -2.40. The first-order chi connectivity index (χ1) is 9.16. The van der Waals surface area contributed by atoms with Crippen molar-refractivity contribution < 1.29 is 9.90 Å². The monoisotopic (exact) mass is 275 g/mol. The van der Waals surface area contributed by atoms with Crippen LogP contribution in [0.1, 0.15) is 16.1 Å². The zero-order valence-corrected chi connectivity index (χ0v) is 10.5. The SMILES string of the molecule is O=C(NN=Cc1cc(Cl)ccc1O)c1ccccn1. The molecule has 0 aliphatic rings. The average molecular weight is 276 g/mol. The van der Waals surface area contributed by atoms with Gasteiger partial charge in [0.1, 0.15) is 11.4 Å². The Morgan fingerprint density at radius 3 is 2.95 bits per heavy atom. The van der Waals surface area contributed by atoms with Crippen molar-refractivity contribution in [2.45, 2.75) is 0 Å². The van der Waals surface area contributed by atoms with E-state index in [4.69, 9.17) is 11.6 Å². The van der Waals surface area contributed by atoms with Crippen LogP contribution in [-0.2, 0) is 0 Å². The lowest BCUT2D eigenvalue weighted by Gasteiger charge is -2.00. The molecule has 0 atom stereocenters. The molecule has 5 nitrogen and oxygen atoms in total. The highest BCUT2D eigenvalue weighted by molar-refractivity contribution is 6.30. The van der Waals surface area contributed by atoms with Gasteiger partial charge in [0.05, 0.1) is 6.21 Å². The number of phenols is 1. The van der Waals surface area contributed by atoms with E-state index < -0.39 is 5.91 Å². The Labute approximate surface area is 114 Å². The number of halogens is 1. The Morgan fingerprint density at radius 2 is 2.21 bits per heavy atom. The summed E-state index contributed by atoms with van der Waals surface area (Å²) in [5, 5.41) is 13.7. The molecule has 1 aromatic carbocycles. The largest absolute Gasteiger partial charge is 0.507 e. The van der Waals surface area contributed by atoms with Crippen molar-refractivity contribution in [2.24, 2.45) is 5.10 Å². The van der Waals surface area contributed by atoms with E-state index in [0.29, 0.717) is 10.6 Å². The first-order valence-corrected chi connectivity index (χ1v) is 5.77. The quantitative estimate of drug-likeness (QED) is 0.666. The summed E-state index contributed by atoms with van der Waals surface area (Å²) >= 11 is 5.78. The molecule has 0 bridgehead atoms. The van der Waals surface area contributed by atoms with Crippen LogP contribution in [-0.4, -0.2) is 22.2 Å². The molecular weight excluding hydrogens is 266 g/mol. The second kappa shape index (κ2) is 5.97. The van der Waals surface area contributed by atoms with Crippen LogP contribution < -0.4 is 5.43 Å². The molecule has 2 rings (SSSR count). The van der Waals surface area contributed by atoms with Crippen molar-refractivity contribution in [1.29, 1.82) is 0 Å². The number of aromatic nitrogens is 1. The van der Waals surface area contributed by atoms with Gasteiger partial charge in [0.15, 0.2) is 0 Å². The van der Waals surface area contributed by atoms with Crippen molar-refractivity contribution in [3.05, 3.63) is 58.9 Å². The lowest BCUT2D eigenvalue weighted by atomic mass is 10.2. The van der Waals surface area contributed by atoms with Crippen LogP contribution in [0.25, 0.3) is 0 Å². The number of amides is 1. The highest BCUT2D eigenvalue weighted by Gasteiger charge is 2.04. The lowest BCUT2D eigenvalue weighted by molar-refractivity contribution is 0.0950. The van der Waals surface area contributed by atoms with Gasteiger partial charge in [0.25, 0.3) is 5.91 Å². The minimum atomic E-state index is -0.432. The number of hydrogen-bond acceptors (Lipinski definition) is 4. The van der Waals surface area contributed by atoms with Crippen LogP contribution in [0.5, 0.6) is 5.75 Å². The number of rotatable bonds is 3. The number of nitrogens with one attached hydrogen (secondary N) is 1. The van der Waals surface area contributed by atoms with Gasteiger partial charge in [0, 0.05) is 16.8 Å². The van der Waals surface area contributed by atoms with Crippen molar-refractivity contribution in [2.75, 3.05) is 0 Å². The Kier molecular flexibility index (Phi) is 4.10. The summed E-state index contributed by atoms with van der Waals surface area (Å²) in [4.78, 5) is 15.5. The van der Waals surface area contributed by atoms with E-state index in [2.05, 4.69) is 15.5 Å². The molecule has 0 saturated heterocycles. The highest BCUT2D eigenvalue weighted by atomic mass is 35.5. The zero-order valence-electron chi connectivity index (χ0n) is 9.75. The summed E-state index contributed by atoms with van der Waals surface area (Å²) in [6, 6.07) is 9.53.